The summed E-state index contributed by atoms with van der Waals surface area (Å²) in [5, 5.41) is 0. The molecule has 1 heterocycles. The van der Waals surface area contributed by atoms with E-state index < -0.39 is 0 Å². The third kappa shape index (κ3) is 2.20. The van der Waals surface area contributed by atoms with E-state index in [4.69, 9.17) is 4.74 Å². The van der Waals surface area contributed by atoms with E-state index in [1.165, 1.54) is 0 Å². The Balaban J connectivity index is 2.81. The van der Waals surface area contributed by atoms with Gasteiger partial charge in [0.15, 0.2) is 6.61 Å². The molecule has 0 saturated carbocycles. The zero-order valence-corrected chi connectivity index (χ0v) is 8.57. The first-order chi connectivity index (χ1) is 6.02. The van der Waals surface area contributed by atoms with Gasteiger partial charge in [-0.25, -0.2) is 4.99 Å². The SMILES string of the molecule is CC(C)N=C1OCC(=O)N1C(C)C. The molecule has 0 N–H and O–H groups in total. The molecule has 1 saturated heterocycles. The first kappa shape index (κ1) is 10.0. The van der Waals surface area contributed by atoms with Crippen LogP contribution >= 0.6 is 0 Å². The average molecular weight is 184 g/mol. The summed E-state index contributed by atoms with van der Waals surface area (Å²) < 4.78 is 5.18. The summed E-state index contributed by atoms with van der Waals surface area (Å²) in [6, 6.07) is 0.740. The van der Waals surface area contributed by atoms with Gasteiger partial charge in [-0.3, -0.25) is 9.69 Å². The molecule has 1 aliphatic rings. The number of nitrogens with zero attached hydrogens (tertiary/aromatic N) is 2. The van der Waals surface area contributed by atoms with Crippen molar-refractivity contribution in [2.24, 2.45) is 4.99 Å². The van der Waals surface area contributed by atoms with E-state index in [0.717, 1.165) is 0 Å². The van der Waals surface area contributed by atoms with Crippen molar-refractivity contribution in [2.75, 3.05) is 6.61 Å². The molecule has 0 atom stereocenters. The summed E-state index contributed by atoms with van der Waals surface area (Å²) in [7, 11) is 0. The quantitative estimate of drug-likeness (QED) is 0.643. The maximum Gasteiger partial charge on any atom is 0.295 e. The van der Waals surface area contributed by atoms with Crippen molar-refractivity contribution >= 4 is 11.9 Å². The molecule has 0 bridgehead atoms. The van der Waals surface area contributed by atoms with Crippen molar-refractivity contribution in [3.8, 4) is 0 Å². The molecule has 4 nitrogen and oxygen atoms in total. The minimum absolute atomic E-state index is 0.00519. The van der Waals surface area contributed by atoms with Crippen LogP contribution in [0, 0.1) is 0 Å². The zero-order valence-electron chi connectivity index (χ0n) is 8.57. The van der Waals surface area contributed by atoms with E-state index >= 15 is 0 Å². The van der Waals surface area contributed by atoms with Gasteiger partial charge in [-0.05, 0) is 27.7 Å². The fourth-order valence-electron chi connectivity index (χ4n) is 1.20. The maximum absolute atomic E-state index is 11.3. The number of ether oxygens (including phenoxy) is 1. The number of amidine groups is 1. The lowest BCUT2D eigenvalue weighted by Gasteiger charge is -2.18. The Morgan fingerprint density at radius 1 is 1.38 bits per heavy atom. The highest BCUT2D eigenvalue weighted by Crippen LogP contribution is 2.11. The van der Waals surface area contributed by atoms with Gasteiger partial charge in [0.2, 0.25) is 0 Å². The van der Waals surface area contributed by atoms with E-state index in [-0.39, 0.29) is 24.6 Å². The first-order valence-electron chi connectivity index (χ1n) is 4.55. The molecule has 74 valence electrons. The van der Waals surface area contributed by atoms with Gasteiger partial charge in [-0.15, -0.1) is 0 Å². The fourth-order valence-corrected chi connectivity index (χ4v) is 1.20. The Morgan fingerprint density at radius 3 is 2.46 bits per heavy atom. The van der Waals surface area contributed by atoms with Crippen molar-refractivity contribution in [1.82, 2.24) is 4.90 Å². The molecule has 1 fully saturated rings. The molecule has 1 aliphatic heterocycles. The Hall–Kier alpha value is -1.06. The minimum Gasteiger partial charge on any atom is -0.455 e. The molecule has 1 rings (SSSR count). The van der Waals surface area contributed by atoms with Gasteiger partial charge in [0.1, 0.15) is 0 Å². The zero-order chi connectivity index (χ0) is 10.0. The van der Waals surface area contributed by atoms with Crippen LogP contribution < -0.4 is 0 Å². The van der Waals surface area contributed by atoms with Gasteiger partial charge in [-0.1, -0.05) is 0 Å². The average Bonchev–Trinajstić information content (AvgIpc) is 2.30. The van der Waals surface area contributed by atoms with Gasteiger partial charge < -0.3 is 4.74 Å². The van der Waals surface area contributed by atoms with Crippen molar-refractivity contribution in [1.29, 1.82) is 0 Å². The van der Waals surface area contributed by atoms with Gasteiger partial charge >= 0.3 is 0 Å². The molecule has 4 heteroatoms. The predicted molar refractivity (Wildman–Crippen MR) is 50.5 cm³/mol. The molecule has 0 aromatic rings. The molecular weight excluding hydrogens is 168 g/mol. The normalized spacial score (nSPS) is 20.6. The van der Waals surface area contributed by atoms with Gasteiger partial charge in [0.05, 0.1) is 0 Å². The van der Waals surface area contributed by atoms with E-state index in [1.807, 2.05) is 27.7 Å². The number of rotatable bonds is 2. The topological polar surface area (TPSA) is 41.9 Å². The van der Waals surface area contributed by atoms with Crippen molar-refractivity contribution < 1.29 is 9.53 Å². The molecule has 0 radical (unpaired) electrons. The van der Waals surface area contributed by atoms with Crippen LogP contribution in [0.15, 0.2) is 4.99 Å². The highest BCUT2D eigenvalue weighted by molar-refractivity contribution is 6.00. The second-order valence-corrected chi connectivity index (χ2v) is 3.65. The van der Waals surface area contributed by atoms with Crippen LogP contribution in [-0.2, 0) is 9.53 Å². The number of hydrogen-bond donors (Lipinski definition) is 0. The van der Waals surface area contributed by atoms with Gasteiger partial charge in [0, 0.05) is 12.1 Å². The van der Waals surface area contributed by atoms with Crippen molar-refractivity contribution in [3.05, 3.63) is 0 Å². The van der Waals surface area contributed by atoms with E-state index in [1.54, 1.807) is 4.90 Å². The Bertz CT molecular complexity index is 234. The third-order valence-corrected chi connectivity index (χ3v) is 1.68. The van der Waals surface area contributed by atoms with E-state index in [2.05, 4.69) is 4.99 Å². The smallest absolute Gasteiger partial charge is 0.295 e. The van der Waals surface area contributed by atoms with Crippen LogP contribution in [0.1, 0.15) is 27.7 Å². The highest BCUT2D eigenvalue weighted by Gasteiger charge is 2.31. The summed E-state index contributed by atoms with van der Waals surface area (Å²) in [4.78, 5) is 17.2. The lowest BCUT2D eigenvalue weighted by molar-refractivity contribution is -0.126. The Morgan fingerprint density at radius 2 is 2.00 bits per heavy atom. The van der Waals surface area contributed by atoms with E-state index in [9.17, 15) is 4.79 Å². The first-order valence-corrected chi connectivity index (χ1v) is 4.55. The molecule has 0 unspecified atom stereocenters. The Labute approximate surface area is 78.6 Å². The molecule has 0 spiro atoms. The molecule has 0 aromatic carbocycles. The lowest BCUT2D eigenvalue weighted by Crippen LogP contribution is -2.36. The third-order valence-electron chi connectivity index (χ3n) is 1.68. The fraction of sp³-hybridized carbons (Fsp3) is 0.778. The molecular formula is C9H16N2O2. The molecule has 0 aromatic heterocycles. The molecule has 1 amide bonds. The van der Waals surface area contributed by atoms with E-state index in [0.29, 0.717) is 6.02 Å². The maximum atomic E-state index is 11.3. The predicted octanol–water partition coefficient (Wildman–Crippen LogP) is 1.02. The molecule has 0 aliphatic carbocycles. The largest absolute Gasteiger partial charge is 0.455 e. The summed E-state index contributed by atoms with van der Waals surface area (Å²) in [5.41, 5.74) is 0. The number of carbonyl (C=O) groups is 1. The van der Waals surface area contributed by atoms with Gasteiger partial charge in [-0.2, -0.15) is 0 Å². The highest BCUT2D eigenvalue weighted by atomic mass is 16.5. The van der Waals surface area contributed by atoms with Crippen LogP contribution in [0.5, 0.6) is 0 Å². The van der Waals surface area contributed by atoms with Gasteiger partial charge in [0.25, 0.3) is 11.9 Å². The second-order valence-electron chi connectivity index (χ2n) is 3.65. The standard InChI is InChI=1S/C9H16N2O2/c1-6(2)10-9-11(7(3)4)8(12)5-13-9/h6-7H,5H2,1-4H3. The number of carbonyl (C=O) groups excluding carboxylic acids is 1. The van der Waals surface area contributed by atoms with Crippen LogP contribution in [0.2, 0.25) is 0 Å². The van der Waals surface area contributed by atoms with Crippen LogP contribution in [-0.4, -0.2) is 35.5 Å². The summed E-state index contributed by atoms with van der Waals surface area (Å²) in [6.07, 6.45) is 0. The Kier molecular flexibility index (Phi) is 2.90. The van der Waals surface area contributed by atoms with Crippen molar-refractivity contribution in [2.45, 2.75) is 39.8 Å². The summed E-state index contributed by atoms with van der Waals surface area (Å²) >= 11 is 0. The lowest BCUT2D eigenvalue weighted by atomic mass is 10.3. The number of amides is 1. The second kappa shape index (κ2) is 3.77. The summed E-state index contributed by atoms with van der Waals surface area (Å²) in [6.45, 7) is 7.93. The molecule has 13 heavy (non-hydrogen) atoms. The number of aliphatic imine (C=N–C) groups is 1. The number of hydrogen-bond acceptors (Lipinski definition) is 3. The van der Waals surface area contributed by atoms with Crippen LogP contribution in [0.4, 0.5) is 0 Å². The van der Waals surface area contributed by atoms with Crippen LogP contribution in [0.25, 0.3) is 0 Å². The summed E-state index contributed by atoms with van der Waals surface area (Å²) in [5.74, 6) is -0.00519. The monoisotopic (exact) mass is 184 g/mol. The van der Waals surface area contributed by atoms with Crippen LogP contribution in [0.3, 0.4) is 0 Å². The minimum atomic E-state index is -0.00519. The van der Waals surface area contributed by atoms with Crippen molar-refractivity contribution in [3.63, 3.8) is 0 Å².